The van der Waals surface area contributed by atoms with Crippen LogP contribution >= 0.6 is 0 Å². The van der Waals surface area contributed by atoms with Crippen LogP contribution in [0.3, 0.4) is 0 Å². The van der Waals surface area contributed by atoms with Crippen LogP contribution in [-0.2, 0) is 16.0 Å². The average molecular weight is 350 g/mol. The number of aromatic nitrogens is 2. The molecule has 0 atom stereocenters. The molecule has 3 aromatic rings. The zero-order valence-corrected chi connectivity index (χ0v) is 14.5. The van der Waals surface area contributed by atoms with Crippen molar-refractivity contribution < 1.29 is 14.3 Å². The number of rotatable bonds is 3. The molecule has 132 valence electrons. The van der Waals surface area contributed by atoms with Gasteiger partial charge in [0.15, 0.2) is 6.61 Å². The molecule has 3 heterocycles. The van der Waals surface area contributed by atoms with E-state index in [1.54, 1.807) is 25.2 Å². The van der Waals surface area contributed by atoms with Crippen LogP contribution in [0.15, 0.2) is 42.7 Å². The number of imidazole rings is 1. The maximum Gasteiger partial charge on any atom is 0.264 e. The van der Waals surface area contributed by atoms with Crippen molar-refractivity contribution in [3.05, 3.63) is 54.0 Å². The van der Waals surface area contributed by atoms with Gasteiger partial charge in [0.05, 0.1) is 17.8 Å². The predicted octanol–water partition coefficient (Wildman–Crippen LogP) is 2.18. The Bertz CT molecular complexity index is 1020. The van der Waals surface area contributed by atoms with Gasteiger partial charge in [-0.15, -0.1) is 0 Å². The molecule has 1 aromatic carbocycles. The highest BCUT2D eigenvalue weighted by atomic mass is 16.5. The molecule has 2 amide bonds. The topological polar surface area (TPSA) is 75.9 Å². The van der Waals surface area contributed by atoms with E-state index in [1.165, 1.54) is 4.90 Å². The molecule has 7 nitrogen and oxygen atoms in total. The molecule has 0 radical (unpaired) electrons. The molecular weight excluding hydrogens is 332 g/mol. The Hall–Kier alpha value is -3.35. The summed E-state index contributed by atoms with van der Waals surface area (Å²) in [5.41, 5.74) is 3.86. The number of aryl methyl sites for hydroxylation is 1. The van der Waals surface area contributed by atoms with Crippen molar-refractivity contribution in [3.8, 4) is 5.75 Å². The summed E-state index contributed by atoms with van der Waals surface area (Å²) in [4.78, 5) is 30.2. The number of hydrogen-bond acceptors (Lipinski definition) is 4. The van der Waals surface area contributed by atoms with Crippen LogP contribution in [0.25, 0.3) is 5.65 Å². The summed E-state index contributed by atoms with van der Waals surface area (Å²) in [6.07, 6.45) is 3.94. The third-order valence-corrected chi connectivity index (χ3v) is 4.40. The lowest BCUT2D eigenvalue weighted by atomic mass is 10.2. The van der Waals surface area contributed by atoms with Gasteiger partial charge in [-0.1, -0.05) is 6.07 Å². The van der Waals surface area contributed by atoms with Gasteiger partial charge in [-0.05, 0) is 36.8 Å². The Kier molecular flexibility index (Phi) is 3.84. The number of pyridine rings is 1. The van der Waals surface area contributed by atoms with Crippen molar-refractivity contribution in [1.29, 1.82) is 0 Å². The third kappa shape index (κ3) is 2.88. The van der Waals surface area contributed by atoms with E-state index in [4.69, 9.17) is 4.74 Å². The molecule has 7 heteroatoms. The Balaban J connectivity index is 1.51. The van der Waals surface area contributed by atoms with Crippen LogP contribution in [0.2, 0.25) is 0 Å². The largest absolute Gasteiger partial charge is 0.482 e. The first-order chi connectivity index (χ1) is 12.5. The van der Waals surface area contributed by atoms with Crippen molar-refractivity contribution in [2.45, 2.75) is 13.3 Å². The first kappa shape index (κ1) is 16.1. The second-order valence-electron chi connectivity index (χ2n) is 6.30. The smallest absolute Gasteiger partial charge is 0.264 e. The van der Waals surface area contributed by atoms with Crippen molar-refractivity contribution in [3.63, 3.8) is 0 Å². The van der Waals surface area contributed by atoms with E-state index < -0.39 is 0 Å². The standard InChI is InChI=1S/C19H18N4O3/c1-12-4-3-7-23-10-14(21-19(12)23)9-17(24)20-13-5-6-16-15(8-13)22(2)18(25)11-26-16/h3-8,10H,9,11H2,1-2H3,(H,20,24). The number of benzene rings is 1. The first-order valence-corrected chi connectivity index (χ1v) is 8.28. The number of amides is 2. The molecule has 0 saturated heterocycles. The normalized spacial score (nSPS) is 13.5. The maximum atomic E-state index is 12.4. The Morgan fingerprint density at radius 3 is 3.00 bits per heavy atom. The van der Waals surface area contributed by atoms with E-state index in [-0.39, 0.29) is 24.8 Å². The Morgan fingerprint density at radius 2 is 2.19 bits per heavy atom. The van der Waals surface area contributed by atoms with E-state index in [1.807, 2.05) is 35.9 Å². The van der Waals surface area contributed by atoms with Crippen LogP contribution in [0, 0.1) is 6.92 Å². The summed E-state index contributed by atoms with van der Waals surface area (Å²) in [5.74, 6) is 0.332. The van der Waals surface area contributed by atoms with Crippen LogP contribution in [0.4, 0.5) is 11.4 Å². The van der Waals surface area contributed by atoms with Gasteiger partial charge in [0.25, 0.3) is 5.91 Å². The quantitative estimate of drug-likeness (QED) is 0.786. The minimum atomic E-state index is -0.170. The van der Waals surface area contributed by atoms with Crippen molar-refractivity contribution in [2.75, 3.05) is 23.9 Å². The molecule has 0 spiro atoms. The fourth-order valence-corrected chi connectivity index (χ4v) is 3.01. The van der Waals surface area contributed by atoms with Gasteiger partial charge in [-0.2, -0.15) is 0 Å². The Morgan fingerprint density at radius 1 is 1.35 bits per heavy atom. The minimum Gasteiger partial charge on any atom is -0.482 e. The maximum absolute atomic E-state index is 12.4. The SMILES string of the molecule is Cc1cccn2cc(CC(=O)Nc3ccc4c(c3)N(C)C(=O)CO4)nc12. The molecule has 4 rings (SSSR count). The summed E-state index contributed by atoms with van der Waals surface area (Å²) in [6, 6.07) is 9.18. The number of hydrogen-bond donors (Lipinski definition) is 1. The van der Waals surface area contributed by atoms with Gasteiger partial charge >= 0.3 is 0 Å². The minimum absolute atomic E-state index is 0.0303. The van der Waals surface area contributed by atoms with Gasteiger partial charge < -0.3 is 19.4 Å². The van der Waals surface area contributed by atoms with E-state index in [2.05, 4.69) is 10.3 Å². The molecule has 0 fully saturated rings. The van der Waals surface area contributed by atoms with Crippen LogP contribution in [0.1, 0.15) is 11.3 Å². The van der Waals surface area contributed by atoms with Crippen LogP contribution in [-0.4, -0.2) is 34.9 Å². The highest BCUT2D eigenvalue weighted by Gasteiger charge is 2.22. The van der Waals surface area contributed by atoms with E-state index >= 15 is 0 Å². The summed E-state index contributed by atoms with van der Waals surface area (Å²) in [7, 11) is 1.69. The van der Waals surface area contributed by atoms with Crippen molar-refractivity contribution in [1.82, 2.24) is 9.38 Å². The summed E-state index contributed by atoms with van der Waals surface area (Å²) >= 11 is 0. The van der Waals surface area contributed by atoms with Crippen molar-refractivity contribution in [2.24, 2.45) is 0 Å². The lowest BCUT2D eigenvalue weighted by Crippen LogP contribution is -2.35. The molecule has 0 aliphatic carbocycles. The Labute approximate surface area is 150 Å². The zero-order chi connectivity index (χ0) is 18.3. The highest BCUT2D eigenvalue weighted by Crippen LogP contribution is 2.33. The fraction of sp³-hybridized carbons (Fsp3) is 0.211. The molecule has 2 aromatic heterocycles. The zero-order valence-electron chi connectivity index (χ0n) is 14.5. The highest BCUT2D eigenvalue weighted by molar-refractivity contribution is 5.99. The summed E-state index contributed by atoms with van der Waals surface area (Å²) < 4.78 is 7.30. The molecule has 0 saturated carbocycles. The summed E-state index contributed by atoms with van der Waals surface area (Å²) in [6.45, 7) is 2.02. The number of nitrogens with one attached hydrogen (secondary N) is 1. The van der Waals surface area contributed by atoms with E-state index in [9.17, 15) is 9.59 Å². The van der Waals surface area contributed by atoms with Gasteiger partial charge in [-0.25, -0.2) is 4.98 Å². The molecular formula is C19H18N4O3. The summed E-state index contributed by atoms with van der Waals surface area (Å²) in [5, 5.41) is 2.85. The average Bonchev–Trinajstić information content (AvgIpc) is 3.02. The number of carbonyl (C=O) groups excluding carboxylic acids is 2. The molecule has 26 heavy (non-hydrogen) atoms. The first-order valence-electron chi connectivity index (χ1n) is 8.28. The molecule has 0 unspecified atom stereocenters. The molecule has 0 bridgehead atoms. The third-order valence-electron chi connectivity index (χ3n) is 4.40. The second-order valence-corrected chi connectivity index (χ2v) is 6.30. The van der Waals surface area contributed by atoms with E-state index in [0.29, 0.717) is 22.8 Å². The predicted molar refractivity (Wildman–Crippen MR) is 97.6 cm³/mol. The van der Waals surface area contributed by atoms with Gasteiger partial charge in [-0.3, -0.25) is 9.59 Å². The van der Waals surface area contributed by atoms with E-state index in [0.717, 1.165) is 11.2 Å². The van der Waals surface area contributed by atoms with Crippen LogP contribution in [0.5, 0.6) is 5.75 Å². The number of carbonyl (C=O) groups is 2. The van der Waals surface area contributed by atoms with Crippen LogP contribution < -0.4 is 15.0 Å². The van der Waals surface area contributed by atoms with Gasteiger partial charge in [0.1, 0.15) is 11.4 Å². The lowest BCUT2D eigenvalue weighted by molar-refractivity contribution is -0.121. The number of nitrogens with zero attached hydrogens (tertiary/aromatic N) is 3. The van der Waals surface area contributed by atoms with Crippen molar-refractivity contribution >= 4 is 28.8 Å². The number of fused-ring (bicyclic) bond motifs is 2. The number of ether oxygens (including phenoxy) is 1. The monoisotopic (exact) mass is 350 g/mol. The number of likely N-dealkylation sites (N-methyl/N-ethyl adjacent to an activating group) is 1. The second kappa shape index (κ2) is 6.18. The molecule has 1 N–H and O–H groups in total. The lowest BCUT2D eigenvalue weighted by Gasteiger charge is -2.26. The molecule has 1 aliphatic rings. The number of anilines is 2. The van der Waals surface area contributed by atoms with Gasteiger partial charge in [0.2, 0.25) is 5.91 Å². The van der Waals surface area contributed by atoms with Gasteiger partial charge in [0, 0.05) is 25.1 Å². The fourth-order valence-electron chi connectivity index (χ4n) is 3.01. The molecule has 1 aliphatic heterocycles.